The van der Waals surface area contributed by atoms with Crippen LogP contribution in [0.2, 0.25) is 0 Å². The normalized spacial score (nSPS) is 17.6. The fourth-order valence-electron chi connectivity index (χ4n) is 3.23. The van der Waals surface area contributed by atoms with E-state index in [0.29, 0.717) is 41.0 Å². The number of nitrogens with zero attached hydrogens (tertiary/aromatic N) is 3. The number of nitrogens with one attached hydrogen (secondary N) is 1. The monoisotopic (exact) mass is 429 g/mol. The maximum absolute atomic E-state index is 12.8. The van der Waals surface area contributed by atoms with Crippen LogP contribution in [0.5, 0.6) is 0 Å². The fourth-order valence-corrected chi connectivity index (χ4v) is 3.92. The number of fused-ring (bicyclic) bond motifs is 1. The Morgan fingerprint density at radius 3 is 2.60 bits per heavy atom. The van der Waals surface area contributed by atoms with Crippen molar-refractivity contribution in [2.45, 2.75) is 11.3 Å². The number of nitrogen functional groups attached to an aromatic ring is 1. The van der Waals surface area contributed by atoms with Crippen molar-refractivity contribution in [2.75, 3.05) is 26.2 Å². The molecule has 0 bridgehead atoms. The third kappa shape index (κ3) is 3.53. The van der Waals surface area contributed by atoms with Crippen molar-refractivity contribution in [2.24, 2.45) is 0 Å². The van der Waals surface area contributed by atoms with Gasteiger partial charge in [-0.3, -0.25) is 4.79 Å². The number of nitrogens with two attached hydrogens (primary N) is 1. The zero-order valence-corrected chi connectivity index (χ0v) is 16.4. The number of anilines is 1. The molecule has 0 saturated carbocycles. The molecule has 0 fully saturated rings. The van der Waals surface area contributed by atoms with Gasteiger partial charge in [-0.15, -0.1) is 0 Å². The van der Waals surface area contributed by atoms with Gasteiger partial charge in [0.2, 0.25) is 10.0 Å². The molecule has 4 rings (SSSR count). The third-order valence-electron chi connectivity index (χ3n) is 4.79. The summed E-state index contributed by atoms with van der Waals surface area (Å²) < 4.78 is 69.5. The van der Waals surface area contributed by atoms with Crippen LogP contribution in [-0.2, 0) is 16.4 Å². The first-order valence-corrected chi connectivity index (χ1v) is 10.3. The first-order chi connectivity index (χ1) is 16.7. The van der Waals surface area contributed by atoms with Gasteiger partial charge in [0, 0.05) is 45.4 Å². The van der Waals surface area contributed by atoms with Gasteiger partial charge in [0.25, 0.3) is 5.91 Å². The van der Waals surface area contributed by atoms with E-state index in [9.17, 15) is 13.2 Å². The molecule has 0 unspecified atom stereocenters. The van der Waals surface area contributed by atoms with Gasteiger partial charge in [-0.1, -0.05) is 18.2 Å². The highest BCUT2D eigenvalue weighted by Crippen LogP contribution is 2.29. The summed E-state index contributed by atoms with van der Waals surface area (Å²) in [5.41, 5.74) is 9.29. The van der Waals surface area contributed by atoms with Crippen LogP contribution >= 0.6 is 0 Å². The highest BCUT2D eigenvalue weighted by Gasteiger charge is 2.19. The Labute approximate surface area is 183 Å². The van der Waals surface area contributed by atoms with Crippen molar-refractivity contribution in [3.05, 3.63) is 59.8 Å². The summed E-state index contributed by atoms with van der Waals surface area (Å²) in [6.45, 7) is -6.29. The van der Waals surface area contributed by atoms with E-state index >= 15 is 0 Å². The van der Waals surface area contributed by atoms with Gasteiger partial charge < -0.3 is 11.1 Å². The minimum absolute atomic E-state index is 0.152. The molecule has 1 aliphatic rings. The number of hydrogen-bond donors (Lipinski definition) is 2. The molecule has 8 nitrogen and oxygen atoms in total. The molecule has 0 saturated heterocycles. The lowest BCUT2D eigenvalue weighted by molar-refractivity contribution is 0.0946. The molecule has 0 aliphatic carbocycles. The number of aromatic nitrogens is 2. The molecule has 1 aromatic heterocycles. The Hall–Kier alpha value is -3.30. The van der Waals surface area contributed by atoms with Crippen molar-refractivity contribution < 1.29 is 21.4 Å². The molecule has 30 heavy (non-hydrogen) atoms. The van der Waals surface area contributed by atoms with Crippen molar-refractivity contribution in [1.29, 1.82) is 0 Å². The van der Waals surface area contributed by atoms with Gasteiger partial charge in [0.15, 0.2) is 0 Å². The first-order valence-electron chi connectivity index (χ1n) is 11.9. The maximum Gasteiger partial charge on any atom is 0.251 e. The van der Waals surface area contributed by atoms with E-state index in [-0.39, 0.29) is 11.7 Å². The summed E-state index contributed by atoms with van der Waals surface area (Å²) in [5, 5.41) is 2.78. The number of carbonyl (C=O) groups is 1. The van der Waals surface area contributed by atoms with Crippen molar-refractivity contribution in [3.63, 3.8) is 0 Å². The molecule has 0 atom stereocenters. The average Bonchev–Trinajstić information content (AvgIpc) is 2.77. The smallest absolute Gasteiger partial charge is 0.251 e. The van der Waals surface area contributed by atoms with Crippen molar-refractivity contribution >= 4 is 21.7 Å². The second-order valence-corrected chi connectivity index (χ2v) is 8.45. The fraction of sp³-hybridized carbons (Fsp3) is 0.190. The molecule has 3 aromatic rings. The Balaban J connectivity index is 1.70. The van der Waals surface area contributed by atoms with Gasteiger partial charge in [-0.25, -0.2) is 22.7 Å². The Morgan fingerprint density at radius 1 is 1.13 bits per heavy atom. The minimum Gasteiger partial charge on any atom is -0.382 e. The van der Waals surface area contributed by atoms with Crippen LogP contribution in [0, 0.1) is 0 Å². The zero-order chi connectivity index (χ0) is 26.5. The molecular formula is C21H21N5O3S. The summed E-state index contributed by atoms with van der Waals surface area (Å²) in [4.78, 5) is 20.3. The molecule has 0 spiro atoms. The van der Waals surface area contributed by atoms with E-state index < -0.39 is 33.2 Å². The molecule has 0 radical (unpaired) electrons. The molecule has 1 amide bonds. The van der Waals surface area contributed by atoms with Crippen LogP contribution in [0.1, 0.15) is 24.1 Å². The van der Waals surface area contributed by atoms with Crippen molar-refractivity contribution in [3.8, 4) is 22.5 Å². The zero-order valence-electron chi connectivity index (χ0n) is 21.6. The van der Waals surface area contributed by atoms with Crippen LogP contribution in [0.3, 0.4) is 0 Å². The Kier molecular flexibility index (Phi) is 3.46. The topological polar surface area (TPSA) is 118 Å². The summed E-state index contributed by atoms with van der Waals surface area (Å²) in [6, 6.07) is 10.2. The molecule has 9 heteroatoms. The van der Waals surface area contributed by atoms with Gasteiger partial charge >= 0.3 is 0 Å². The number of hydrogen-bond acceptors (Lipinski definition) is 6. The number of benzene rings is 2. The predicted molar refractivity (Wildman–Crippen MR) is 114 cm³/mol. The maximum atomic E-state index is 12.8. The van der Waals surface area contributed by atoms with E-state index in [1.807, 2.05) is 6.07 Å². The first kappa shape index (κ1) is 13.8. The summed E-state index contributed by atoms with van der Waals surface area (Å²) >= 11 is 0. The van der Waals surface area contributed by atoms with E-state index in [4.69, 9.17) is 14.0 Å². The summed E-state index contributed by atoms with van der Waals surface area (Å²) in [5.74, 6) is 0.00496. The Morgan fingerprint density at radius 2 is 1.87 bits per heavy atom. The SMILES string of the molecule is [2H]C([2H])([2H])N(C([2H])([2H])[2H])S(=O)(=O)c1ccc(-c2cnc(N)c(-c3ccc4c(c3)CCNC4=O)n2)cc1. The molecule has 2 heterocycles. The highest BCUT2D eigenvalue weighted by atomic mass is 32.2. The summed E-state index contributed by atoms with van der Waals surface area (Å²) in [6.07, 6.45) is 2.05. The number of sulfonamides is 1. The van der Waals surface area contributed by atoms with Crippen LogP contribution in [0.25, 0.3) is 22.5 Å². The quantitative estimate of drug-likeness (QED) is 0.654. The Bertz CT molecular complexity index is 1430. The molecule has 154 valence electrons. The van der Waals surface area contributed by atoms with E-state index in [1.165, 1.54) is 18.3 Å². The van der Waals surface area contributed by atoms with Crippen LogP contribution in [0.15, 0.2) is 53.6 Å². The largest absolute Gasteiger partial charge is 0.382 e. The van der Waals surface area contributed by atoms with Gasteiger partial charge in [0.05, 0.1) is 16.8 Å². The molecule has 1 aliphatic heterocycles. The van der Waals surface area contributed by atoms with E-state index in [1.54, 1.807) is 12.1 Å². The highest BCUT2D eigenvalue weighted by molar-refractivity contribution is 7.89. The predicted octanol–water partition coefficient (Wildman–Crippen LogP) is 1.93. The summed E-state index contributed by atoms with van der Waals surface area (Å²) in [7, 11) is -4.87. The van der Waals surface area contributed by atoms with Crippen LogP contribution in [-0.4, -0.2) is 49.1 Å². The average molecular weight is 430 g/mol. The standard InChI is InChI=1S/C21H21N5O3S/c1-26(2)30(28,29)16-6-3-13(4-7-16)18-12-24-20(22)19(25-18)15-5-8-17-14(11-15)9-10-23-21(17)27/h3-8,11-12H,9-10H2,1-2H3,(H2,22,24)(H,23,27)/i1D3,2D3. The molecule has 3 N–H and O–H groups in total. The lowest BCUT2D eigenvalue weighted by Crippen LogP contribution is -2.31. The van der Waals surface area contributed by atoms with E-state index in [2.05, 4.69) is 15.3 Å². The van der Waals surface area contributed by atoms with Gasteiger partial charge in [-0.05, 0) is 36.2 Å². The van der Waals surface area contributed by atoms with Gasteiger partial charge in [0.1, 0.15) is 11.5 Å². The van der Waals surface area contributed by atoms with Crippen LogP contribution in [0.4, 0.5) is 5.82 Å². The van der Waals surface area contributed by atoms with E-state index in [0.717, 1.165) is 17.7 Å². The van der Waals surface area contributed by atoms with Gasteiger partial charge in [-0.2, -0.15) is 0 Å². The number of carbonyl (C=O) groups excluding carboxylic acids is 1. The molecule has 2 aromatic carbocycles. The number of amides is 1. The number of rotatable bonds is 4. The lowest BCUT2D eigenvalue weighted by Gasteiger charge is -2.17. The minimum atomic E-state index is -4.87. The molecular weight excluding hydrogens is 402 g/mol. The second-order valence-electron chi connectivity index (χ2n) is 6.66. The second kappa shape index (κ2) is 7.51. The van der Waals surface area contributed by atoms with Crippen LogP contribution < -0.4 is 11.1 Å². The lowest BCUT2D eigenvalue weighted by atomic mass is 9.96. The third-order valence-corrected chi connectivity index (χ3v) is 6.14. The van der Waals surface area contributed by atoms with Crippen molar-refractivity contribution in [1.82, 2.24) is 19.6 Å².